The Balaban J connectivity index is 1.74. The van der Waals surface area contributed by atoms with Crippen LogP contribution in [0.2, 0.25) is 0 Å². The Bertz CT molecular complexity index is 478. The number of hydrogen-bond acceptors (Lipinski definition) is 3. The first kappa shape index (κ1) is 14.8. The maximum absolute atomic E-state index is 6.09. The van der Waals surface area contributed by atoms with Gasteiger partial charge in [-0.05, 0) is 54.7 Å². The van der Waals surface area contributed by atoms with E-state index in [4.69, 9.17) is 25.8 Å². The van der Waals surface area contributed by atoms with Crippen LogP contribution in [-0.4, -0.2) is 20.8 Å². The van der Waals surface area contributed by atoms with Gasteiger partial charge in [-0.25, -0.2) is 0 Å². The molecule has 1 aromatic carbocycles. The van der Waals surface area contributed by atoms with Crippen LogP contribution in [-0.2, 0) is 5.88 Å². The third-order valence-electron chi connectivity index (χ3n) is 5.00. The maximum Gasteiger partial charge on any atom is 0.203 e. The smallest absolute Gasteiger partial charge is 0.203 e. The van der Waals surface area contributed by atoms with Crippen LogP contribution < -0.4 is 14.2 Å². The zero-order valence-electron chi connectivity index (χ0n) is 12.7. The van der Waals surface area contributed by atoms with Crippen molar-refractivity contribution < 1.29 is 14.2 Å². The fraction of sp³-hybridized carbons (Fsp3) is 0.647. The predicted octanol–water partition coefficient (Wildman–Crippen LogP) is 4.26. The second kappa shape index (κ2) is 6.35. The van der Waals surface area contributed by atoms with Crippen LogP contribution in [0.15, 0.2) is 12.1 Å². The van der Waals surface area contributed by atoms with Gasteiger partial charge in [-0.3, -0.25) is 0 Å². The van der Waals surface area contributed by atoms with E-state index in [1.807, 2.05) is 12.1 Å². The van der Waals surface area contributed by atoms with Crippen LogP contribution >= 0.6 is 11.6 Å². The minimum absolute atomic E-state index is 0.430. The molecule has 2 aliphatic rings. The summed E-state index contributed by atoms with van der Waals surface area (Å²) < 4.78 is 17.0. The average Bonchev–Trinajstić information content (AvgIpc) is 3.14. The molecule has 2 bridgehead atoms. The van der Waals surface area contributed by atoms with Crippen molar-refractivity contribution in [2.24, 2.45) is 17.8 Å². The predicted molar refractivity (Wildman–Crippen MR) is 83.5 cm³/mol. The second-order valence-corrected chi connectivity index (χ2v) is 6.48. The van der Waals surface area contributed by atoms with E-state index in [1.54, 1.807) is 14.2 Å². The molecule has 0 spiro atoms. The van der Waals surface area contributed by atoms with Gasteiger partial charge in [-0.1, -0.05) is 6.42 Å². The summed E-state index contributed by atoms with van der Waals surface area (Å²) in [6.07, 6.45) is 5.50. The van der Waals surface area contributed by atoms with Gasteiger partial charge in [0.05, 0.1) is 20.8 Å². The van der Waals surface area contributed by atoms with Crippen molar-refractivity contribution in [2.75, 3.05) is 20.8 Å². The van der Waals surface area contributed by atoms with Crippen LogP contribution in [0.1, 0.15) is 31.2 Å². The lowest BCUT2D eigenvalue weighted by Gasteiger charge is -2.23. The van der Waals surface area contributed by atoms with Gasteiger partial charge in [0.25, 0.3) is 0 Å². The zero-order chi connectivity index (χ0) is 14.8. The molecule has 1 aromatic rings. The summed E-state index contributed by atoms with van der Waals surface area (Å²) in [5.41, 5.74) is 0.970. The van der Waals surface area contributed by atoms with E-state index < -0.39 is 0 Å². The molecule has 0 amide bonds. The molecule has 3 nitrogen and oxygen atoms in total. The van der Waals surface area contributed by atoms with E-state index >= 15 is 0 Å². The van der Waals surface area contributed by atoms with Crippen molar-refractivity contribution in [3.05, 3.63) is 17.7 Å². The number of fused-ring (bicyclic) bond motifs is 2. The molecule has 0 aromatic heterocycles. The lowest BCUT2D eigenvalue weighted by molar-refractivity contribution is 0.184. The molecule has 3 unspecified atom stereocenters. The first-order chi connectivity index (χ1) is 10.2. The number of rotatable bonds is 6. The summed E-state index contributed by atoms with van der Waals surface area (Å²) in [7, 11) is 3.30. The Hall–Kier alpha value is -1.09. The summed E-state index contributed by atoms with van der Waals surface area (Å²) in [6.45, 7) is 0.758. The first-order valence-electron chi connectivity index (χ1n) is 7.68. The van der Waals surface area contributed by atoms with Gasteiger partial charge in [0.15, 0.2) is 11.5 Å². The van der Waals surface area contributed by atoms with Gasteiger partial charge >= 0.3 is 0 Å². The Morgan fingerprint density at radius 3 is 2.29 bits per heavy atom. The number of alkyl halides is 1. The largest absolute Gasteiger partial charge is 0.493 e. The number of methoxy groups -OCH3 is 2. The lowest BCUT2D eigenvalue weighted by Crippen LogP contribution is -2.19. The Morgan fingerprint density at radius 1 is 1.10 bits per heavy atom. The van der Waals surface area contributed by atoms with Gasteiger partial charge in [-0.2, -0.15) is 0 Å². The van der Waals surface area contributed by atoms with Crippen LogP contribution in [0, 0.1) is 17.8 Å². The molecular weight excluding hydrogens is 288 g/mol. The molecule has 0 heterocycles. The van der Waals surface area contributed by atoms with E-state index in [1.165, 1.54) is 25.7 Å². The third-order valence-corrected chi connectivity index (χ3v) is 5.31. The van der Waals surface area contributed by atoms with Crippen molar-refractivity contribution in [1.29, 1.82) is 0 Å². The van der Waals surface area contributed by atoms with Crippen molar-refractivity contribution in [3.8, 4) is 17.2 Å². The summed E-state index contributed by atoms with van der Waals surface area (Å²) in [5.74, 6) is 5.02. The molecule has 116 valence electrons. The molecule has 0 saturated heterocycles. The Morgan fingerprint density at radius 2 is 1.81 bits per heavy atom. The molecule has 0 radical (unpaired) electrons. The summed E-state index contributed by atoms with van der Waals surface area (Å²) in [6, 6.07) is 3.84. The standard InChI is InChI=1S/C17H23ClO3/c1-19-15-7-12(9-18)8-16(20-2)17(15)21-10-14-6-11-3-4-13(14)5-11/h7-8,11,13-14H,3-6,9-10H2,1-2H3. The normalized spacial score (nSPS) is 26.9. The Kier molecular flexibility index (Phi) is 4.48. The summed E-state index contributed by atoms with van der Waals surface area (Å²) in [4.78, 5) is 0. The lowest BCUT2D eigenvalue weighted by atomic mass is 9.89. The molecule has 2 fully saturated rings. The molecule has 4 heteroatoms. The topological polar surface area (TPSA) is 27.7 Å². The highest BCUT2D eigenvalue weighted by atomic mass is 35.5. The second-order valence-electron chi connectivity index (χ2n) is 6.21. The van der Waals surface area contributed by atoms with Crippen LogP contribution in [0.25, 0.3) is 0 Å². The maximum atomic E-state index is 6.09. The van der Waals surface area contributed by atoms with Gasteiger partial charge in [0.2, 0.25) is 5.75 Å². The molecular formula is C17H23ClO3. The molecule has 0 aliphatic heterocycles. The molecule has 3 rings (SSSR count). The monoisotopic (exact) mass is 310 g/mol. The highest BCUT2D eigenvalue weighted by molar-refractivity contribution is 6.17. The van der Waals surface area contributed by atoms with Crippen molar-refractivity contribution in [1.82, 2.24) is 0 Å². The van der Waals surface area contributed by atoms with Gasteiger partial charge in [0.1, 0.15) is 0 Å². The van der Waals surface area contributed by atoms with E-state index in [-0.39, 0.29) is 0 Å². The third kappa shape index (κ3) is 2.94. The number of hydrogen-bond donors (Lipinski definition) is 0. The molecule has 3 atom stereocenters. The quantitative estimate of drug-likeness (QED) is 0.735. The minimum atomic E-state index is 0.430. The van der Waals surface area contributed by atoms with Crippen LogP contribution in [0.3, 0.4) is 0 Å². The van der Waals surface area contributed by atoms with E-state index in [9.17, 15) is 0 Å². The van der Waals surface area contributed by atoms with Gasteiger partial charge in [-0.15, -0.1) is 11.6 Å². The fourth-order valence-corrected chi connectivity index (χ4v) is 4.08. The molecule has 0 N–H and O–H groups in total. The van der Waals surface area contributed by atoms with Gasteiger partial charge in [0, 0.05) is 5.88 Å². The van der Waals surface area contributed by atoms with Crippen LogP contribution in [0.5, 0.6) is 17.2 Å². The molecule has 2 saturated carbocycles. The van der Waals surface area contributed by atoms with Crippen molar-refractivity contribution >= 4 is 11.6 Å². The number of ether oxygens (including phenoxy) is 3. The highest BCUT2D eigenvalue weighted by Gasteiger charge is 2.39. The van der Waals surface area contributed by atoms with E-state index in [0.29, 0.717) is 29.0 Å². The highest BCUT2D eigenvalue weighted by Crippen LogP contribution is 2.49. The van der Waals surface area contributed by atoms with E-state index in [2.05, 4.69) is 0 Å². The van der Waals surface area contributed by atoms with Gasteiger partial charge < -0.3 is 14.2 Å². The molecule has 2 aliphatic carbocycles. The molecule has 21 heavy (non-hydrogen) atoms. The van der Waals surface area contributed by atoms with Crippen molar-refractivity contribution in [2.45, 2.75) is 31.6 Å². The van der Waals surface area contributed by atoms with E-state index in [0.717, 1.165) is 24.0 Å². The summed E-state index contributed by atoms with van der Waals surface area (Å²) in [5, 5.41) is 0. The fourth-order valence-electron chi connectivity index (χ4n) is 3.92. The number of halogens is 1. The summed E-state index contributed by atoms with van der Waals surface area (Å²) >= 11 is 5.91. The van der Waals surface area contributed by atoms with Crippen molar-refractivity contribution in [3.63, 3.8) is 0 Å². The Labute approximate surface area is 131 Å². The number of benzene rings is 1. The first-order valence-corrected chi connectivity index (χ1v) is 8.22. The SMILES string of the molecule is COc1cc(CCl)cc(OC)c1OCC1CC2CCC1C2. The average molecular weight is 311 g/mol. The minimum Gasteiger partial charge on any atom is -0.493 e. The zero-order valence-corrected chi connectivity index (χ0v) is 13.5. The van der Waals surface area contributed by atoms with Crippen LogP contribution in [0.4, 0.5) is 0 Å².